The van der Waals surface area contributed by atoms with Gasteiger partial charge in [-0.1, -0.05) is 17.7 Å². The molecule has 7 nitrogen and oxygen atoms in total. The van der Waals surface area contributed by atoms with Crippen molar-refractivity contribution >= 4 is 23.2 Å². The fraction of sp³-hybridized carbons (Fsp3) is 0.167. The van der Waals surface area contributed by atoms with Crippen LogP contribution in [-0.2, 0) is 13.1 Å². The quantitative estimate of drug-likeness (QED) is 0.623. The molecular formula is C18H14ClF2N5O2. The van der Waals surface area contributed by atoms with Crippen molar-refractivity contribution in [1.29, 1.82) is 0 Å². The number of benzene rings is 2. The van der Waals surface area contributed by atoms with Gasteiger partial charge in [-0.2, -0.15) is 0 Å². The molecule has 0 saturated carbocycles. The topological polar surface area (TPSA) is 92.1 Å². The minimum atomic E-state index is -0.901. The summed E-state index contributed by atoms with van der Waals surface area (Å²) >= 11 is 5.88. The first kappa shape index (κ1) is 18.3. The van der Waals surface area contributed by atoms with Gasteiger partial charge in [0.25, 0.3) is 5.91 Å². The molecule has 0 fully saturated rings. The molecule has 10 heteroatoms. The summed E-state index contributed by atoms with van der Waals surface area (Å²) < 4.78 is 30.3. The third-order valence-corrected chi connectivity index (χ3v) is 4.71. The molecule has 0 aliphatic carbocycles. The summed E-state index contributed by atoms with van der Waals surface area (Å²) in [5, 5.41) is 23.6. The molecule has 0 saturated heterocycles. The molecule has 1 aromatic heterocycles. The lowest BCUT2D eigenvalue weighted by molar-refractivity contribution is 0.102. The number of nitrogens with one attached hydrogen (secondary N) is 2. The largest absolute Gasteiger partial charge is 0.507 e. The van der Waals surface area contributed by atoms with Gasteiger partial charge in [-0.3, -0.25) is 4.79 Å². The second-order valence-corrected chi connectivity index (χ2v) is 6.58. The van der Waals surface area contributed by atoms with Crippen molar-refractivity contribution in [3.8, 4) is 17.1 Å². The molecule has 144 valence electrons. The maximum absolute atomic E-state index is 14.7. The molecule has 4 rings (SSSR count). The van der Waals surface area contributed by atoms with Crippen LogP contribution in [0.5, 0.6) is 5.75 Å². The standard InChI is InChI=1S/C18H14ClF2N5O2/c19-11-2-1-3-12(20)16(11)23-18(28)10-6-13(21)9(7-14(10)27)17-25-24-15-8-22-4-5-26(15)17/h1-3,6-7,22,27H,4-5,8H2,(H,23,28). The number of aromatic hydroxyl groups is 1. The highest BCUT2D eigenvalue weighted by Crippen LogP contribution is 2.31. The fourth-order valence-corrected chi connectivity index (χ4v) is 3.21. The molecule has 0 radical (unpaired) electrons. The molecule has 2 aromatic carbocycles. The maximum atomic E-state index is 14.7. The number of para-hydroxylation sites is 1. The average molecular weight is 406 g/mol. The lowest BCUT2D eigenvalue weighted by Gasteiger charge is -2.16. The monoisotopic (exact) mass is 405 g/mol. The Morgan fingerprint density at radius 2 is 2.07 bits per heavy atom. The molecule has 28 heavy (non-hydrogen) atoms. The van der Waals surface area contributed by atoms with Crippen molar-refractivity contribution in [3.63, 3.8) is 0 Å². The van der Waals surface area contributed by atoms with E-state index in [2.05, 4.69) is 20.8 Å². The first-order valence-electron chi connectivity index (χ1n) is 8.36. The zero-order chi connectivity index (χ0) is 19.8. The van der Waals surface area contributed by atoms with Gasteiger partial charge in [0.15, 0.2) is 5.82 Å². The van der Waals surface area contributed by atoms with Crippen molar-refractivity contribution in [2.45, 2.75) is 13.1 Å². The molecule has 1 aliphatic rings. The predicted octanol–water partition coefficient (Wildman–Crippen LogP) is 2.94. The molecular weight excluding hydrogens is 392 g/mol. The van der Waals surface area contributed by atoms with E-state index in [9.17, 15) is 18.7 Å². The average Bonchev–Trinajstić information content (AvgIpc) is 3.10. The Hall–Kier alpha value is -3.04. The van der Waals surface area contributed by atoms with Crippen molar-refractivity contribution in [3.05, 3.63) is 58.4 Å². The number of hydrogen-bond donors (Lipinski definition) is 3. The van der Waals surface area contributed by atoms with E-state index in [1.54, 1.807) is 4.57 Å². The summed E-state index contributed by atoms with van der Waals surface area (Å²) in [6.07, 6.45) is 0. The molecule has 1 aliphatic heterocycles. The van der Waals surface area contributed by atoms with E-state index in [-0.39, 0.29) is 27.7 Å². The maximum Gasteiger partial charge on any atom is 0.259 e. The number of phenolic OH excluding ortho intramolecular Hbond substituents is 1. The van der Waals surface area contributed by atoms with Crippen LogP contribution in [0.3, 0.4) is 0 Å². The molecule has 1 amide bonds. The number of carbonyl (C=O) groups excluding carboxylic acids is 1. The number of nitrogens with zero attached hydrogens (tertiary/aromatic N) is 3. The third kappa shape index (κ3) is 3.19. The van der Waals surface area contributed by atoms with E-state index in [0.717, 1.165) is 18.2 Å². The molecule has 2 heterocycles. The molecule has 0 spiro atoms. The van der Waals surface area contributed by atoms with Gasteiger partial charge in [0.1, 0.15) is 23.2 Å². The van der Waals surface area contributed by atoms with E-state index in [0.29, 0.717) is 25.5 Å². The normalized spacial score (nSPS) is 13.2. The van der Waals surface area contributed by atoms with Crippen LogP contribution < -0.4 is 10.6 Å². The lowest BCUT2D eigenvalue weighted by Crippen LogP contribution is -2.28. The Morgan fingerprint density at radius 3 is 2.86 bits per heavy atom. The summed E-state index contributed by atoms with van der Waals surface area (Å²) in [6, 6.07) is 5.87. The summed E-state index contributed by atoms with van der Waals surface area (Å²) in [4.78, 5) is 12.4. The summed E-state index contributed by atoms with van der Waals surface area (Å²) in [5.41, 5.74) is -0.601. The highest BCUT2D eigenvalue weighted by atomic mass is 35.5. The summed E-state index contributed by atoms with van der Waals surface area (Å²) in [7, 11) is 0. The Morgan fingerprint density at radius 1 is 1.25 bits per heavy atom. The van der Waals surface area contributed by atoms with Crippen LogP contribution in [0.4, 0.5) is 14.5 Å². The Labute approximate surface area is 163 Å². The number of carbonyl (C=O) groups is 1. The van der Waals surface area contributed by atoms with Crippen molar-refractivity contribution < 1.29 is 18.7 Å². The van der Waals surface area contributed by atoms with Crippen LogP contribution >= 0.6 is 11.6 Å². The van der Waals surface area contributed by atoms with Crippen LogP contribution in [0.25, 0.3) is 11.4 Å². The minimum absolute atomic E-state index is 0.0126. The Balaban J connectivity index is 1.68. The van der Waals surface area contributed by atoms with Gasteiger partial charge in [0.2, 0.25) is 0 Å². The van der Waals surface area contributed by atoms with Crippen molar-refractivity contribution in [1.82, 2.24) is 20.1 Å². The number of aromatic nitrogens is 3. The SMILES string of the molecule is O=C(Nc1c(F)cccc1Cl)c1cc(F)c(-c2nnc3n2CCNC3)cc1O. The van der Waals surface area contributed by atoms with Gasteiger partial charge >= 0.3 is 0 Å². The predicted molar refractivity (Wildman–Crippen MR) is 98.2 cm³/mol. The Kier molecular flexibility index (Phi) is 4.70. The molecule has 0 atom stereocenters. The van der Waals surface area contributed by atoms with Gasteiger partial charge in [-0.15, -0.1) is 10.2 Å². The van der Waals surface area contributed by atoms with Crippen LogP contribution in [0, 0.1) is 11.6 Å². The summed E-state index contributed by atoms with van der Waals surface area (Å²) in [5.74, 6) is -1.99. The lowest BCUT2D eigenvalue weighted by atomic mass is 10.1. The van der Waals surface area contributed by atoms with E-state index in [1.807, 2.05) is 0 Å². The van der Waals surface area contributed by atoms with Gasteiger partial charge in [0.05, 0.1) is 28.4 Å². The smallest absolute Gasteiger partial charge is 0.259 e. The minimum Gasteiger partial charge on any atom is -0.507 e. The van der Waals surface area contributed by atoms with Crippen molar-refractivity contribution in [2.24, 2.45) is 0 Å². The first-order valence-corrected chi connectivity index (χ1v) is 8.74. The van der Waals surface area contributed by atoms with E-state index in [4.69, 9.17) is 11.6 Å². The van der Waals surface area contributed by atoms with Crippen LogP contribution in [-0.4, -0.2) is 32.3 Å². The van der Waals surface area contributed by atoms with Crippen LogP contribution in [0.2, 0.25) is 5.02 Å². The highest BCUT2D eigenvalue weighted by Gasteiger charge is 2.23. The van der Waals surface area contributed by atoms with Gasteiger partial charge < -0.3 is 20.3 Å². The van der Waals surface area contributed by atoms with Crippen LogP contribution in [0.15, 0.2) is 30.3 Å². The van der Waals surface area contributed by atoms with Gasteiger partial charge in [-0.05, 0) is 24.3 Å². The second kappa shape index (κ2) is 7.17. The number of hydrogen-bond acceptors (Lipinski definition) is 5. The molecule has 3 N–H and O–H groups in total. The Bertz CT molecular complexity index is 1070. The second-order valence-electron chi connectivity index (χ2n) is 6.17. The van der Waals surface area contributed by atoms with E-state index in [1.165, 1.54) is 12.1 Å². The van der Waals surface area contributed by atoms with Crippen molar-refractivity contribution in [2.75, 3.05) is 11.9 Å². The first-order chi connectivity index (χ1) is 13.5. The fourth-order valence-electron chi connectivity index (χ4n) is 3.00. The molecule has 3 aromatic rings. The number of anilines is 1. The number of phenols is 1. The number of rotatable bonds is 3. The third-order valence-electron chi connectivity index (χ3n) is 4.39. The number of amides is 1. The number of fused-ring (bicyclic) bond motifs is 1. The highest BCUT2D eigenvalue weighted by molar-refractivity contribution is 6.34. The van der Waals surface area contributed by atoms with Gasteiger partial charge in [0, 0.05) is 13.1 Å². The molecule has 0 unspecified atom stereocenters. The molecule has 0 bridgehead atoms. The van der Waals surface area contributed by atoms with Gasteiger partial charge in [-0.25, -0.2) is 8.78 Å². The zero-order valence-electron chi connectivity index (χ0n) is 14.3. The van der Waals surface area contributed by atoms with Crippen LogP contribution in [0.1, 0.15) is 16.2 Å². The zero-order valence-corrected chi connectivity index (χ0v) is 15.1. The number of halogens is 3. The van der Waals surface area contributed by atoms with E-state index >= 15 is 0 Å². The summed E-state index contributed by atoms with van der Waals surface area (Å²) in [6.45, 7) is 1.73. The van der Waals surface area contributed by atoms with E-state index < -0.39 is 23.3 Å².